The van der Waals surface area contributed by atoms with E-state index in [-0.39, 0.29) is 5.97 Å². The lowest BCUT2D eigenvalue weighted by atomic mass is 10.1. The molecule has 0 aliphatic carbocycles. The number of methoxy groups -OCH3 is 2. The van der Waals surface area contributed by atoms with E-state index < -0.39 is 5.54 Å². The number of aryl methyl sites for hydroxylation is 1. The fourth-order valence-corrected chi connectivity index (χ4v) is 1.97. The Balaban J connectivity index is 2.38. The van der Waals surface area contributed by atoms with Gasteiger partial charge in [-0.15, -0.1) is 0 Å². The fraction of sp³-hybridized carbons (Fsp3) is 0.625. The third-order valence-electron chi connectivity index (χ3n) is 3.15. The molecule has 0 amide bonds. The number of unbranched alkanes of at least 4 members (excludes halogenated alkanes) is 1. The maximum atomic E-state index is 11.6. The molecule has 0 fully saturated rings. The second-order valence-electron chi connectivity index (χ2n) is 5.55. The first kappa shape index (κ1) is 18.4. The summed E-state index contributed by atoms with van der Waals surface area (Å²) in [5.74, 6) is -0.312. The highest BCUT2D eigenvalue weighted by Crippen LogP contribution is 2.16. The van der Waals surface area contributed by atoms with Crippen molar-refractivity contribution in [2.24, 2.45) is 0 Å². The van der Waals surface area contributed by atoms with Gasteiger partial charge in [0, 0.05) is 19.4 Å². The van der Waals surface area contributed by atoms with E-state index in [1.807, 2.05) is 12.1 Å². The van der Waals surface area contributed by atoms with E-state index >= 15 is 0 Å². The molecular weight excluding hydrogens is 284 g/mol. The summed E-state index contributed by atoms with van der Waals surface area (Å²) in [6.45, 7) is 4.58. The first-order valence-corrected chi connectivity index (χ1v) is 7.38. The van der Waals surface area contributed by atoms with Crippen LogP contribution >= 0.6 is 0 Å². The molecule has 1 aromatic rings. The molecule has 6 nitrogen and oxygen atoms in total. The molecule has 0 saturated carbocycles. The van der Waals surface area contributed by atoms with E-state index in [0.29, 0.717) is 13.4 Å². The summed E-state index contributed by atoms with van der Waals surface area (Å²) in [4.78, 5) is 16.0. The standard InChI is InChI=1S/C16H26N2O4/c1-16(2,15(19)21-4)18-14-9-8-13(17-11-14)7-5-6-10-22-12-20-3/h8-9,11,18H,5-7,10,12H2,1-4H3. The molecule has 0 aromatic carbocycles. The van der Waals surface area contributed by atoms with Crippen LogP contribution in [0.15, 0.2) is 18.3 Å². The van der Waals surface area contributed by atoms with Crippen LogP contribution in [0.2, 0.25) is 0 Å². The van der Waals surface area contributed by atoms with Gasteiger partial charge in [0.05, 0.1) is 19.0 Å². The minimum Gasteiger partial charge on any atom is -0.467 e. The molecule has 1 rings (SSSR count). The Labute approximate surface area is 132 Å². The predicted molar refractivity (Wildman–Crippen MR) is 84.7 cm³/mol. The number of ether oxygens (including phenoxy) is 3. The van der Waals surface area contributed by atoms with Gasteiger partial charge in [-0.25, -0.2) is 4.79 Å². The van der Waals surface area contributed by atoms with Crippen molar-refractivity contribution in [3.05, 3.63) is 24.0 Å². The van der Waals surface area contributed by atoms with Gasteiger partial charge >= 0.3 is 5.97 Å². The van der Waals surface area contributed by atoms with Crippen LogP contribution in [0, 0.1) is 0 Å². The highest BCUT2D eigenvalue weighted by atomic mass is 16.7. The van der Waals surface area contributed by atoms with Crippen molar-refractivity contribution >= 4 is 11.7 Å². The van der Waals surface area contributed by atoms with Crippen LogP contribution in [0.5, 0.6) is 0 Å². The minimum atomic E-state index is -0.781. The van der Waals surface area contributed by atoms with Crippen molar-refractivity contribution in [3.63, 3.8) is 0 Å². The van der Waals surface area contributed by atoms with Crippen LogP contribution in [-0.2, 0) is 25.4 Å². The summed E-state index contributed by atoms with van der Waals surface area (Å²) in [5, 5.41) is 3.12. The lowest BCUT2D eigenvalue weighted by Gasteiger charge is -2.24. The van der Waals surface area contributed by atoms with E-state index in [1.165, 1.54) is 7.11 Å². The van der Waals surface area contributed by atoms with Gasteiger partial charge < -0.3 is 19.5 Å². The predicted octanol–water partition coefficient (Wildman–Crippen LogP) is 2.39. The SMILES string of the molecule is COCOCCCCc1ccc(NC(C)(C)C(=O)OC)cn1. The molecule has 0 spiro atoms. The highest BCUT2D eigenvalue weighted by molar-refractivity contribution is 5.83. The summed E-state index contributed by atoms with van der Waals surface area (Å²) >= 11 is 0. The summed E-state index contributed by atoms with van der Waals surface area (Å²) < 4.78 is 14.8. The van der Waals surface area contributed by atoms with Crippen molar-refractivity contribution in [1.29, 1.82) is 0 Å². The molecule has 0 aliphatic rings. The lowest BCUT2D eigenvalue weighted by molar-refractivity contribution is -0.144. The number of carbonyl (C=O) groups excluding carboxylic acids is 1. The van der Waals surface area contributed by atoms with Gasteiger partial charge in [0.2, 0.25) is 0 Å². The first-order chi connectivity index (χ1) is 10.5. The lowest BCUT2D eigenvalue weighted by Crippen LogP contribution is -2.41. The van der Waals surface area contributed by atoms with Gasteiger partial charge in [-0.05, 0) is 45.2 Å². The number of nitrogens with zero attached hydrogens (tertiary/aromatic N) is 1. The summed E-state index contributed by atoms with van der Waals surface area (Å²) in [7, 11) is 2.99. The van der Waals surface area contributed by atoms with Crippen LogP contribution in [0.25, 0.3) is 0 Å². The maximum absolute atomic E-state index is 11.6. The molecule has 1 aromatic heterocycles. The highest BCUT2D eigenvalue weighted by Gasteiger charge is 2.28. The van der Waals surface area contributed by atoms with E-state index in [2.05, 4.69) is 10.3 Å². The van der Waals surface area contributed by atoms with Crippen LogP contribution in [-0.4, -0.2) is 44.1 Å². The second kappa shape index (κ2) is 9.38. The van der Waals surface area contributed by atoms with Crippen molar-refractivity contribution in [2.75, 3.05) is 32.9 Å². The quantitative estimate of drug-likeness (QED) is 0.406. The normalized spacial score (nSPS) is 11.3. The summed E-state index contributed by atoms with van der Waals surface area (Å²) in [5.41, 5.74) is 1.03. The Morgan fingerprint density at radius 1 is 1.27 bits per heavy atom. The molecule has 0 saturated heterocycles. The number of rotatable bonds is 10. The number of hydrogen-bond donors (Lipinski definition) is 1. The van der Waals surface area contributed by atoms with E-state index in [1.54, 1.807) is 27.2 Å². The Hall–Kier alpha value is -1.66. The topological polar surface area (TPSA) is 69.7 Å². The largest absolute Gasteiger partial charge is 0.467 e. The zero-order valence-corrected chi connectivity index (χ0v) is 13.8. The fourth-order valence-electron chi connectivity index (χ4n) is 1.97. The average Bonchev–Trinajstić information content (AvgIpc) is 2.51. The minimum absolute atomic E-state index is 0.312. The summed E-state index contributed by atoms with van der Waals surface area (Å²) in [6, 6.07) is 3.89. The van der Waals surface area contributed by atoms with Gasteiger partial charge in [-0.3, -0.25) is 4.98 Å². The van der Waals surface area contributed by atoms with Gasteiger partial charge in [0.25, 0.3) is 0 Å². The molecule has 0 unspecified atom stereocenters. The van der Waals surface area contributed by atoms with Crippen LogP contribution in [0.4, 0.5) is 5.69 Å². The molecule has 6 heteroatoms. The first-order valence-electron chi connectivity index (χ1n) is 7.38. The molecule has 0 radical (unpaired) electrons. The van der Waals surface area contributed by atoms with Gasteiger partial charge in [0.15, 0.2) is 0 Å². The number of hydrogen-bond acceptors (Lipinski definition) is 6. The molecule has 1 N–H and O–H groups in total. The smallest absolute Gasteiger partial charge is 0.330 e. The average molecular weight is 310 g/mol. The van der Waals surface area contributed by atoms with Gasteiger partial charge in [-0.2, -0.15) is 0 Å². The van der Waals surface area contributed by atoms with Gasteiger partial charge in [0.1, 0.15) is 12.3 Å². The number of aromatic nitrogens is 1. The van der Waals surface area contributed by atoms with E-state index in [0.717, 1.165) is 30.6 Å². The third-order valence-corrected chi connectivity index (χ3v) is 3.15. The molecule has 1 heterocycles. The Morgan fingerprint density at radius 2 is 2.05 bits per heavy atom. The van der Waals surface area contributed by atoms with Crippen LogP contribution < -0.4 is 5.32 Å². The number of nitrogens with one attached hydrogen (secondary N) is 1. The van der Waals surface area contributed by atoms with Crippen molar-refractivity contribution in [1.82, 2.24) is 4.98 Å². The Bertz CT molecular complexity index is 446. The molecule has 0 atom stereocenters. The van der Waals surface area contributed by atoms with Crippen LogP contribution in [0.1, 0.15) is 32.4 Å². The van der Waals surface area contributed by atoms with E-state index in [9.17, 15) is 4.79 Å². The molecule has 0 aliphatic heterocycles. The molecule has 124 valence electrons. The maximum Gasteiger partial charge on any atom is 0.330 e. The Morgan fingerprint density at radius 3 is 2.64 bits per heavy atom. The van der Waals surface area contributed by atoms with E-state index in [4.69, 9.17) is 14.2 Å². The number of pyridine rings is 1. The zero-order chi connectivity index (χ0) is 16.4. The molecule has 22 heavy (non-hydrogen) atoms. The Kier molecular flexibility index (Phi) is 7.84. The number of esters is 1. The monoisotopic (exact) mass is 310 g/mol. The number of carbonyl (C=O) groups is 1. The molecular formula is C16H26N2O4. The van der Waals surface area contributed by atoms with Crippen molar-refractivity contribution in [3.8, 4) is 0 Å². The van der Waals surface area contributed by atoms with Crippen molar-refractivity contribution < 1.29 is 19.0 Å². The third kappa shape index (κ3) is 6.41. The number of anilines is 1. The second-order valence-corrected chi connectivity index (χ2v) is 5.55. The molecule has 0 bridgehead atoms. The van der Waals surface area contributed by atoms with Crippen molar-refractivity contribution in [2.45, 2.75) is 38.6 Å². The van der Waals surface area contributed by atoms with Gasteiger partial charge in [-0.1, -0.05) is 0 Å². The zero-order valence-electron chi connectivity index (χ0n) is 13.8. The van der Waals surface area contributed by atoms with Crippen LogP contribution in [0.3, 0.4) is 0 Å². The summed E-state index contributed by atoms with van der Waals surface area (Å²) in [6.07, 6.45) is 4.62.